The maximum absolute atomic E-state index is 13.8. The van der Waals surface area contributed by atoms with Gasteiger partial charge in [-0.1, -0.05) is 24.3 Å². The van der Waals surface area contributed by atoms with Crippen molar-refractivity contribution in [3.05, 3.63) is 77.2 Å². The minimum atomic E-state index is -0.570. The molecule has 25 heavy (non-hydrogen) atoms. The molecule has 0 fully saturated rings. The molecular weight excluding hydrogens is 326 g/mol. The average molecular weight is 342 g/mol. The van der Waals surface area contributed by atoms with Gasteiger partial charge in [0.25, 0.3) is 5.91 Å². The molecule has 0 aliphatic carbocycles. The lowest BCUT2D eigenvalue weighted by Crippen LogP contribution is -2.26. The normalized spacial score (nSPS) is 10.7. The van der Waals surface area contributed by atoms with Gasteiger partial charge in [-0.2, -0.15) is 0 Å². The van der Waals surface area contributed by atoms with Gasteiger partial charge in [0.1, 0.15) is 17.4 Å². The van der Waals surface area contributed by atoms with Crippen LogP contribution in [0, 0.1) is 18.6 Å². The van der Waals surface area contributed by atoms with Gasteiger partial charge in [0.15, 0.2) is 0 Å². The van der Waals surface area contributed by atoms with E-state index >= 15 is 0 Å². The molecule has 3 rings (SSSR count). The molecule has 0 saturated carbocycles. The Balaban J connectivity index is 1.66. The maximum Gasteiger partial charge on any atom is 0.254 e. The number of aryl methyl sites for hydroxylation is 1. The number of amides is 1. The van der Waals surface area contributed by atoms with E-state index in [1.165, 1.54) is 24.3 Å². The second kappa shape index (κ2) is 7.25. The molecule has 4 nitrogen and oxygen atoms in total. The summed E-state index contributed by atoms with van der Waals surface area (Å²) in [7, 11) is 0. The van der Waals surface area contributed by atoms with Crippen LogP contribution < -0.4 is 5.32 Å². The summed E-state index contributed by atoms with van der Waals surface area (Å²) in [5.41, 5.74) is 0.894. The van der Waals surface area contributed by atoms with Crippen LogP contribution in [0.4, 0.5) is 8.78 Å². The van der Waals surface area contributed by atoms with Crippen LogP contribution in [0.3, 0.4) is 0 Å². The van der Waals surface area contributed by atoms with Gasteiger partial charge < -0.3 is 9.73 Å². The van der Waals surface area contributed by atoms with Gasteiger partial charge in [-0.25, -0.2) is 13.8 Å². The summed E-state index contributed by atoms with van der Waals surface area (Å²) in [5.74, 6) is -0.722. The zero-order valence-corrected chi connectivity index (χ0v) is 13.6. The van der Waals surface area contributed by atoms with Gasteiger partial charge in [-0.3, -0.25) is 4.79 Å². The van der Waals surface area contributed by atoms with Crippen molar-refractivity contribution in [1.82, 2.24) is 10.3 Å². The van der Waals surface area contributed by atoms with Gasteiger partial charge in [-0.05, 0) is 31.2 Å². The summed E-state index contributed by atoms with van der Waals surface area (Å²) < 4.78 is 32.9. The number of aromatic nitrogens is 1. The van der Waals surface area contributed by atoms with E-state index in [1.807, 2.05) is 0 Å². The van der Waals surface area contributed by atoms with Gasteiger partial charge >= 0.3 is 0 Å². The monoisotopic (exact) mass is 342 g/mol. The topological polar surface area (TPSA) is 55.1 Å². The number of rotatable bonds is 5. The fraction of sp³-hybridized carbons (Fsp3) is 0.158. The van der Waals surface area contributed by atoms with E-state index in [-0.39, 0.29) is 23.6 Å². The maximum atomic E-state index is 13.8. The van der Waals surface area contributed by atoms with Gasteiger partial charge in [0.05, 0.1) is 16.8 Å². The molecule has 2 aromatic carbocycles. The minimum absolute atomic E-state index is 0.00794. The van der Waals surface area contributed by atoms with Crippen LogP contribution in [0.25, 0.3) is 11.5 Å². The van der Waals surface area contributed by atoms with Crippen LogP contribution in [-0.2, 0) is 6.42 Å². The molecule has 6 heteroatoms. The fourth-order valence-corrected chi connectivity index (χ4v) is 2.44. The number of carbonyl (C=O) groups is 1. The zero-order valence-electron chi connectivity index (χ0n) is 13.6. The number of carbonyl (C=O) groups excluding carboxylic acids is 1. The molecule has 1 aromatic heterocycles. The van der Waals surface area contributed by atoms with Crippen molar-refractivity contribution >= 4 is 5.91 Å². The molecule has 0 bridgehead atoms. The van der Waals surface area contributed by atoms with Crippen molar-refractivity contribution in [2.75, 3.05) is 6.54 Å². The van der Waals surface area contributed by atoms with Crippen molar-refractivity contribution in [2.45, 2.75) is 13.3 Å². The highest BCUT2D eigenvalue weighted by molar-refractivity contribution is 5.94. The first-order valence-corrected chi connectivity index (χ1v) is 7.80. The summed E-state index contributed by atoms with van der Waals surface area (Å²) in [6.07, 6.45) is 0.393. The summed E-state index contributed by atoms with van der Waals surface area (Å²) in [5, 5.41) is 2.64. The van der Waals surface area contributed by atoms with E-state index in [0.29, 0.717) is 17.9 Å². The standard InChI is InChI=1S/C19H16F2N2O2/c1-12-17(23-19(25-12)14-7-3-5-9-16(14)21)10-11-22-18(24)13-6-2-4-8-15(13)20/h2-9H,10-11H2,1H3,(H,22,24). The smallest absolute Gasteiger partial charge is 0.254 e. The number of hydrogen-bond acceptors (Lipinski definition) is 3. The Bertz CT molecular complexity index is 906. The number of hydrogen-bond donors (Lipinski definition) is 1. The molecule has 128 valence electrons. The van der Waals surface area contributed by atoms with Crippen molar-refractivity contribution < 1.29 is 18.0 Å². The number of nitrogens with zero attached hydrogens (tertiary/aromatic N) is 1. The highest BCUT2D eigenvalue weighted by atomic mass is 19.1. The number of benzene rings is 2. The molecule has 0 unspecified atom stereocenters. The van der Waals surface area contributed by atoms with Crippen molar-refractivity contribution in [1.29, 1.82) is 0 Å². The van der Waals surface area contributed by atoms with E-state index < -0.39 is 17.5 Å². The third-order valence-corrected chi connectivity index (χ3v) is 3.76. The molecule has 3 aromatic rings. The predicted octanol–water partition coefficient (Wildman–Crippen LogP) is 3.90. The molecule has 0 atom stereocenters. The molecular formula is C19H16F2N2O2. The van der Waals surface area contributed by atoms with E-state index in [9.17, 15) is 13.6 Å². The molecule has 1 heterocycles. The Labute approximate surface area is 143 Å². The minimum Gasteiger partial charge on any atom is -0.441 e. The van der Waals surface area contributed by atoms with Crippen LogP contribution in [0.2, 0.25) is 0 Å². The number of nitrogens with one attached hydrogen (secondary N) is 1. The van der Waals surface area contributed by atoms with Gasteiger partial charge in [0.2, 0.25) is 5.89 Å². The summed E-state index contributed by atoms with van der Waals surface area (Å²) in [6, 6.07) is 12.0. The van der Waals surface area contributed by atoms with E-state index in [0.717, 1.165) is 0 Å². The lowest BCUT2D eigenvalue weighted by Gasteiger charge is -2.05. The van der Waals surface area contributed by atoms with Crippen molar-refractivity contribution in [3.63, 3.8) is 0 Å². The molecule has 1 N–H and O–H groups in total. The second-order valence-corrected chi connectivity index (χ2v) is 5.49. The van der Waals surface area contributed by atoms with E-state index in [1.54, 1.807) is 31.2 Å². The first-order valence-electron chi connectivity index (χ1n) is 7.80. The van der Waals surface area contributed by atoms with Gasteiger partial charge in [-0.15, -0.1) is 0 Å². The van der Waals surface area contributed by atoms with Crippen molar-refractivity contribution in [3.8, 4) is 11.5 Å². The second-order valence-electron chi connectivity index (χ2n) is 5.49. The van der Waals surface area contributed by atoms with Gasteiger partial charge in [0, 0.05) is 13.0 Å². The summed E-state index contributed by atoms with van der Waals surface area (Å²) in [6.45, 7) is 1.99. The molecule has 0 aliphatic heterocycles. The third kappa shape index (κ3) is 3.74. The van der Waals surface area contributed by atoms with Crippen LogP contribution in [0.1, 0.15) is 21.8 Å². The van der Waals surface area contributed by atoms with Crippen LogP contribution >= 0.6 is 0 Å². The van der Waals surface area contributed by atoms with Crippen molar-refractivity contribution in [2.24, 2.45) is 0 Å². The predicted molar refractivity (Wildman–Crippen MR) is 89.1 cm³/mol. The number of halogens is 2. The Morgan fingerprint density at radius 2 is 1.76 bits per heavy atom. The molecule has 0 spiro atoms. The first-order chi connectivity index (χ1) is 12.1. The zero-order chi connectivity index (χ0) is 17.8. The van der Waals surface area contributed by atoms with Crippen LogP contribution in [0.5, 0.6) is 0 Å². The Morgan fingerprint density at radius 3 is 2.48 bits per heavy atom. The Kier molecular flexibility index (Phi) is 4.88. The molecule has 1 amide bonds. The van der Waals surface area contributed by atoms with Crippen LogP contribution in [0.15, 0.2) is 52.9 Å². The SMILES string of the molecule is Cc1oc(-c2ccccc2F)nc1CCNC(=O)c1ccccc1F. The largest absolute Gasteiger partial charge is 0.441 e. The quantitative estimate of drug-likeness (QED) is 0.765. The Hall–Kier alpha value is -3.02. The molecule has 0 radical (unpaired) electrons. The fourth-order valence-electron chi connectivity index (χ4n) is 2.44. The van der Waals surface area contributed by atoms with E-state index in [2.05, 4.69) is 10.3 Å². The summed E-state index contributed by atoms with van der Waals surface area (Å²) in [4.78, 5) is 16.3. The highest BCUT2D eigenvalue weighted by Crippen LogP contribution is 2.24. The Morgan fingerprint density at radius 1 is 1.08 bits per heavy atom. The number of oxazole rings is 1. The molecule has 0 saturated heterocycles. The average Bonchev–Trinajstić information content (AvgIpc) is 2.96. The lowest BCUT2D eigenvalue weighted by atomic mass is 10.2. The van der Waals surface area contributed by atoms with E-state index in [4.69, 9.17) is 4.42 Å². The third-order valence-electron chi connectivity index (χ3n) is 3.76. The first kappa shape index (κ1) is 16.8. The lowest BCUT2D eigenvalue weighted by molar-refractivity contribution is 0.0950. The van der Waals surface area contributed by atoms with Crippen LogP contribution in [-0.4, -0.2) is 17.4 Å². The summed E-state index contributed by atoms with van der Waals surface area (Å²) >= 11 is 0. The highest BCUT2D eigenvalue weighted by Gasteiger charge is 2.15. The molecule has 0 aliphatic rings.